The highest BCUT2D eigenvalue weighted by Gasteiger charge is 2.20. The van der Waals surface area contributed by atoms with Crippen molar-refractivity contribution in [1.29, 1.82) is 0 Å². The number of rotatable bonds is 3. The Morgan fingerprint density at radius 3 is 2.57 bits per heavy atom. The van der Waals surface area contributed by atoms with Crippen LogP contribution in [0.4, 0.5) is 5.69 Å². The maximum atomic E-state index is 11.8. The van der Waals surface area contributed by atoms with E-state index in [0.29, 0.717) is 12.3 Å². The Hall–Kier alpha value is -1.51. The van der Waals surface area contributed by atoms with E-state index in [0.717, 1.165) is 37.8 Å². The van der Waals surface area contributed by atoms with Gasteiger partial charge >= 0.3 is 5.97 Å². The van der Waals surface area contributed by atoms with Gasteiger partial charge in [-0.2, -0.15) is 0 Å². The molecule has 1 aromatic carbocycles. The molecule has 116 valence electrons. The molecule has 3 nitrogen and oxygen atoms in total. The van der Waals surface area contributed by atoms with E-state index in [4.69, 9.17) is 10.5 Å². The Kier molecular flexibility index (Phi) is 4.92. The lowest BCUT2D eigenvalue weighted by molar-refractivity contribution is -0.155. The number of ether oxygens (including phenoxy) is 1. The first-order valence-electron chi connectivity index (χ1n) is 7.92. The van der Waals surface area contributed by atoms with Crippen molar-refractivity contribution in [3.05, 3.63) is 29.3 Å². The fourth-order valence-electron chi connectivity index (χ4n) is 2.99. The zero-order valence-electron chi connectivity index (χ0n) is 13.4. The molecule has 0 heterocycles. The van der Waals surface area contributed by atoms with Gasteiger partial charge in [0, 0.05) is 12.1 Å². The smallest absolute Gasteiger partial charge is 0.306 e. The van der Waals surface area contributed by atoms with Gasteiger partial charge in [0.2, 0.25) is 0 Å². The van der Waals surface area contributed by atoms with Crippen molar-refractivity contribution in [1.82, 2.24) is 0 Å². The molecule has 0 saturated heterocycles. The molecular formula is C18H27NO2. The van der Waals surface area contributed by atoms with Crippen molar-refractivity contribution in [3.8, 4) is 0 Å². The quantitative estimate of drug-likeness (QED) is 0.522. The van der Waals surface area contributed by atoms with Crippen LogP contribution in [0.3, 0.4) is 0 Å². The maximum absolute atomic E-state index is 11.8. The Morgan fingerprint density at radius 2 is 1.90 bits per heavy atom. The van der Waals surface area contributed by atoms with E-state index >= 15 is 0 Å². The molecule has 3 heteroatoms. The second kappa shape index (κ2) is 6.50. The first kappa shape index (κ1) is 15.9. The summed E-state index contributed by atoms with van der Waals surface area (Å²) in [6.45, 7) is 5.74. The van der Waals surface area contributed by atoms with Crippen molar-refractivity contribution in [2.75, 3.05) is 5.73 Å². The normalized spacial score (nSPS) is 18.7. The molecule has 2 N–H and O–H groups in total. The molecule has 1 aliphatic carbocycles. The summed E-state index contributed by atoms with van der Waals surface area (Å²) < 4.78 is 5.38. The lowest BCUT2D eigenvalue weighted by Crippen LogP contribution is -2.24. The zero-order valence-corrected chi connectivity index (χ0v) is 13.4. The van der Waals surface area contributed by atoms with Crippen molar-refractivity contribution < 1.29 is 9.53 Å². The summed E-state index contributed by atoms with van der Waals surface area (Å²) in [6.07, 6.45) is 5.91. The van der Waals surface area contributed by atoms with E-state index in [-0.39, 0.29) is 11.6 Å². The van der Waals surface area contributed by atoms with Gasteiger partial charge in [0.25, 0.3) is 0 Å². The molecule has 0 amide bonds. The Balaban J connectivity index is 1.84. The summed E-state index contributed by atoms with van der Waals surface area (Å²) in [5.41, 5.74) is 9.14. The number of nitrogens with two attached hydrogens (primary N) is 1. The fourth-order valence-corrected chi connectivity index (χ4v) is 2.99. The largest absolute Gasteiger partial charge is 0.460 e. The Labute approximate surface area is 127 Å². The third-order valence-corrected chi connectivity index (χ3v) is 4.05. The molecule has 1 aliphatic rings. The minimum atomic E-state index is -0.381. The molecule has 0 spiro atoms. The van der Waals surface area contributed by atoms with Crippen LogP contribution in [0.2, 0.25) is 0 Å². The highest BCUT2D eigenvalue weighted by molar-refractivity contribution is 5.69. The van der Waals surface area contributed by atoms with Gasteiger partial charge in [-0.1, -0.05) is 6.07 Å². The van der Waals surface area contributed by atoms with Crippen LogP contribution in [-0.2, 0) is 22.4 Å². The van der Waals surface area contributed by atoms with E-state index in [1.807, 2.05) is 26.8 Å². The third kappa shape index (κ3) is 5.07. The minimum absolute atomic E-state index is 0.0755. The number of carbonyl (C=O) groups excluding carboxylic acids is 1. The standard InChI is InChI=1S/C18H27NO2/c1-18(2,3)21-17(20)11-6-13-4-7-14-9-10-16(19)12-15(14)8-5-13/h9-10,12-13H,4-8,11,19H2,1-3H3. The van der Waals surface area contributed by atoms with Crippen LogP contribution in [0.5, 0.6) is 0 Å². The van der Waals surface area contributed by atoms with Gasteiger partial charge in [-0.05, 0) is 82.1 Å². The zero-order chi connectivity index (χ0) is 15.5. The lowest BCUT2D eigenvalue weighted by atomic mass is 9.94. The van der Waals surface area contributed by atoms with E-state index in [2.05, 4.69) is 12.1 Å². The van der Waals surface area contributed by atoms with Crippen molar-refractivity contribution >= 4 is 11.7 Å². The molecule has 0 bridgehead atoms. The number of fused-ring (bicyclic) bond motifs is 1. The molecule has 2 rings (SSSR count). The monoisotopic (exact) mass is 289 g/mol. The van der Waals surface area contributed by atoms with Crippen LogP contribution >= 0.6 is 0 Å². The van der Waals surface area contributed by atoms with Gasteiger partial charge in [0.1, 0.15) is 5.60 Å². The molecule has 0 aliphatic heterocycles. The third-order valence-electron chi connectivity index (χ3n) is 4.05. The summed E-state index contributed by atoms with van der Waals surface area (Å²) in [4.78, 5) is 11.8. The van der Waals surface area contributed by atoms with E-state index in [1.54, 1.807) is 0 Å². The number of anilines is 1. The van der Waals surface area contributed by atoms with Crippen molar-refractivity contribution in [3.63, 3.8) is 0 Å². The number of aryl methyl sites for hydroxylation is 2. The van der Waals surface area contributed by atoms with Crippen LogP contribution in [0.25, 0.3) is 0 Å². The topological polar surface area (TPSA) is 52.3 Å². The van der Waals surface area contributed by atoms with Gasteiger partial charge in [-0.3, -0.25) is 4.79 Å². The summed E-state index contributed by atoms with van der Waals surface area (Å²) >= 11 is 0. The van der Waals surface area contributed by atoms with Crippen LogP contribution in [-0.4, -0.2) is 11.6 Å². The number of hydrogen-bond acceptors (Lipinski definition) is 3. The van der Waals surface area contributed by atoms with Crippen LogP contribution < -0.4 is 5.73 Å². The molecule has 1 unspecified atom stereocenters. The fraction of sp³-hybridized carbons (Fsp3) is 0.611. The highest BCUT2D eigenvalue weighted by Crippen LogP contribution is 2.28. The highest BCUT2D eigenvalue weighted by atomic mass is 16.6. The predicted molar refractivity (Wildman–Crippen MR) is 86.1 cm³/mol. The van der Waals surface area contributed by atoms with E-state index < -0.39 is 0 Å². The first-order chi connectivity index (χ1) is 9.83. The first-order valence-corrected chi connectivity index (χ1v) is 7.92. The van der Waals surface area contributed by atoms with E-state index in [1.165, 1.54) is 11.1 Å². The molecule has 0 fully saturated rings. The summed E-state index contributed by atoms with van der Waals surface area (Å²) in [5.74, 6) is 0.527. The van der Waals surface area contributed by atoms with Crippen molar-refractivity contribution in [2.45, 2.75) is 64.9 Å². The number of nitrogen functional groups attached to an aromatic ring is 1. The summed E-state index contributed by atoms with van der Waals surface area (Å²) in [6, 6.07) is 6.24. The van der Waals surface area contributed by atoms with Gasteiger partial charge in [0.05, 0.1) is 0 Å². The molecule has 0 saturated carbocycles. The second-order valence-electron chi connectivity index (χ2n) is 7.10. The lowest BCUT2D eigenvalue weighted by Gasteiger charge is -2.20. The number of benzene rings is 1. The van der Waals surface area contributed by atoms with E-state index in [9.17, 15) is 4.79 Å². The average Bonchev–Trinajstić information content (AvgIpc) is 2.56. The van der Waals surface area contributed by atoms with Crippen LogP contribution in [0, 0.1) is 5.92 Å². The molecule has 21 heavy (non-hydrogen) atoms. The average molecular weight is 289 g/mol. The Morgan fingerprint density at radius 1 is 1.24 bits per heavy atom. The number of hydrogen-bond donors (Lipinski definition) is 1. The summed E-state index contributed by atoms with van der Waals surface area (Å²) in [5, 5.41) is 0. The number of esters is 1. The molecule has 1 atom stereocenters. The second-order valence-corrected chi connectivity index (χ2v) is 7.10. The van der Waals surface area contributed by atoms with Gasteiger partial charge in [-0.15, -0.1) is 0 Å². The van der Waals surface area contributed by atoms with Crippen LogP contribution in [0.1, 0.15) is 57.6 Å². The minimum Gasteiger partial charge on any atom is -0.460 e. The van der Waals surface area contributed by atoms with Crippen LogP contribution in [0.15, 0.2) is 18.2 Å². The van der Waals surface area contributed by atoms with Crippen molar-refractivity contribution in [2.24, 2.45) is 5.92 Å². The molecule has 0 radical (unpaired) electrons. The van der Waals surface area contributed by atoms with Gasteiger partial charge in [-0.25, -0.2) is 0 Å². The SMILES string of the molecule is CC(C)(C)OC(=O)CCC1CCc2ccc(N)cc2CC1. The molecular weight excluding hydrogens is 262 g/mol. The van der Waals surface area contributed by atoms with Gasteiger partial charge in [0.15, 0.2) is 0 Å². The molecule has 0 aromatic heterocycles. The number of carbonyl (C=O) groups is 1. The maximum Gasteiger partial charge on any atom is 0.306 e. The van der Waals surface area contributed by atoms with Gasteiger partial charge < -0.3 is 10.5 Å². The molecule has 1 aromatic rings. The predicted octanol–water partition coefficient (Wildman–Crippen LogP) is 3.89. The summed E-state index contributed by atoms with van der Waals surface area (Å²) in [7, 11) is 0. The Bertz CT molecular complexity index is 502.